The minimum Gasteiger partial charge on any atom is -0.465 e. The summed E-state index contributed by atoms with van der Waals surface area (Å²) in [5.41, 5.74) is 6.05. The van der Waals surface area contributed by atoms with Gasteiger partial charge in [0.1, 0.15) is 5.82 Å². The Morgan fingerprint density at radius 1 is 1.69 bits per heavy atom. The summed E-state index contributed by atoms with van der Waals surface area (Å²) in [6.07, 6.45) is 2.47. The average molecular weight is 223 g/mol. The van der Waals surface area contributed by atoms with Gasteiger partial charge < -0.3 is 15.8 Å². The number of ether oxygens (including phenoxy) is 1. The van der Waals surface area contributed by atoms with E-state index in [-0.39, 0.29) is 12.0 Å². The van der Waals surface area contributed by atoms with Crippen LogP contribution in [0.3, 0.4) is 0 Å². The topological polar surface area (TPSA) is 77.2 Å². The SMILES string of the molecule is CCC(CN)Nc1cc(C(=O)OC)ccn1. The number of methoxy groups -OCH3 is 1. The van der Waals surface area contributed by atoms with Gasteiger partial charge >= 0.3 is 5.97 Å². The van der Waals surface area contributed by atoms with Crippen molar-refractivity contribution in [3.8, 4) is 0 Å². The van der Waals surface area contributed by atoms with Crippen LogP contribution < -0.4 is 11.1 Å². The van der Waals surface area contributed by atoms with Gasteiger partial charge in [0.05, 0.1) is 12.7 Å². The van der Waals surface area contributed by atoms with Crippen molar-refractivity contribution in [2.45, 2.75) is 19.4 Å². The van der Waals surface area contributed by atoms with E-state index in [4.69, 9.17) is 5.73 Å². The van der Waals surface area contributed by atoms with E-state index >= 15 is 0 Å². The number of esters is 1. The first kappa shape index (κ1) is 12.4. The van der Waals surface area contributed by atoms with Crippen LogP contribution >= 0.6 is 0 Å². The zero-order chi connectivity index (χ0) is 12.0. The Kier molecular flexibility index (Phi) is 4.72. The number of anilines is 1. The highest BCUT2D eigenvalue weighted by Crippen LogP contribution is 2.09. The van der Waals surface area contributed by atoms with Crippen molar-refractivity contribution in [1.29, 1.82) is 0 Å². The Morgan fingerprint density at radius 2 is 2.44 bits per heavy atom. The van der Waals surface area contributed by atoms with Crippen molar-refractivity contribution in [3.05, 3.63) is 23.9 Å². The van der Waals surface area contributed by atoms with E-state index < -0.39 is 0 Å². The molecule has 0 aromatic carbocycles. The van der Waals surface area contributed by atoms with Crippen LogP contribution in [0.25, 0.3) is 0 Å². The Balaban J connectivity index is 2.78. The zero-order valence-corrected chi connectivity index (χ0v) is 9.56. The van der Waals surface area contributed by atoms with Gasteiger partial charge in [-0.25, -0.2) is 9.78 Å². The highest BCUT2D eigenvalue weighted by molar-refractivity contribution is 5.89. The van der Waals surface area contributed by atoms with Gasteiger partial charge in [-0.2, -0.15) is 0 Å². The summed E-state index contributed by atoms with van der Waals surface area (Å²) in [4.78, 5) is 15.4. The average Bonchev–Trinajstić information content (AvgIpc) is 2.35. The molecule has 0 radical (unpaired) electrons. The fourth-order valence-corrected chi connectivity index (χ4v) is 1.29. The fourth-order valence-electron chi connectivity index (χ4n) is 1.29. The molecule has 3 N–H and O–H groups in total. The lowest BCUT2D eigenvalue weighted by atomic mass is 10.2. The summed E-state index contributed by atoms with van der Waals surface area (Å²) in [6.45, 7) is 2.56. The maximum atomic E-state index is 11.3. The summed E-state index contributed by atoms with van der Waals surface area (Å²) in [6, 6.07) is 3.44. The second-order valence-corrected chi connectivity index (χ2v) is 3.41. The zero-order valence-electron chi connectivity index (χ0n) is 9.56. The fraction of sp³-hybridized carbons (Fsp3) is 0.455. The minimum atomic E-state index is -0.369. The Morgan fingerprint density at radius 3 is 3.00 bits per heavy atom. The lowest BCUT2D eigenvalue weighted by molar-refractivity contribution is 0.0600. The molecule has 1 aromatic rings. The lowest BCUT2D eigenvalue weighted by Crippen LogP contribution is -2.28. The number of aromatic nitrogens is 1. The number of carbonyl (C=O) groups excluding carboxylic acids is 1. The van der Waals surface area contributed by atoms with Crippen LogP contribution in [-0.4, -0.2) is 30.6 Å². The normalized spacial score (nSPS) is 11.9. The van der Waals surface area contributed by atoms with Gasteiger partial charge in [0.2, 0.25) is 0 Å². The van der Waals surface area contributed by atoms with E-state index in [9.17, 15) is 4.79 Å². The van der Waals surface area contributed by atoms with E-state index in [1.54, 1.807) is 18.3 Å². The van der Waals surface area contributed by atoms with Gasteiger partial charge in [-0.1, -0.05) is 6.92 Å². The monoisotopic (exact) mass is 223 g/mol. The predicted molar refractivity (Wildman–Crippen MR) is 62.3 cm³/mol. The highest BCUT2D eigenvalue weighted by atomic mass is 16.5. The minimum absolute atomic E-state index is 0.167. The molecule has 1 unspecified atom stereocenters. The number of rotatable bonds is 5. The Hall–Kier alpha value is -1.62. The van der Waals surface area contributed by atoms with Gasteiger partial charge in [-0.15, -0.1) is 0 Å². The third-order valence-corrected chi connectivity index (χ3v) is 2.31. The van der Waals surface area contributed by atoms with E-state index in [1.807, 2.05) is 6.92 Å². The second-order valence-electron chi connectivity index (χ2n) is 3.41. The molecule has 0 fully saturated rings. The van der Waals surface area contributed by atoms with Crippen molar-refractivity contribution in [2.24, 2.45) is 5.73 Å². The number of carbonyl (C=O) groups is 1. The van der Waals surface area contributed by atoms with Crippen molar-refractivity contribution < 1.29 is 9.53 Å². The maximum absolute atomic E-state index is 11.3. The summed E-state index contributed by atoms with van der Waals surface area (Å²) >= 11 is 0. The van der Waals surface area contributed by atoms with Crippen LogP contribution in [0.2, 0.25) is 0 Å². The summed E-state index contributed by atoms with van der Waals surface area (Å²) in [7, 11) is 1.35. The molecule has 0 saturated carbocycles. The quantitative estimate of drug-likeness (QED) is 0.729. The molecule has 1 heterocycles. The molecule has 88 valence electrons. The number of nitrogens with zero attached hydrogens (tertiary/aromatic N) is 1. The lowest BCUT2D eigenvalue weighted by Gasteiger charge is -2.15. The third kappa shape index (κ3) is 3.20. The molecule has 5 heteroatoms. The van der Waals surface area contributed by atoms with Gasteiger partial charge in [-0.05, 0) is 18.6 Å². The standard InChI is InChI=1S/C11H17N3O2/c1-3-9(7-12)14-10-6-8(4-5-13-10)11(15)16-2/h4-6,9H,3,7,12H2,1-2H3,(H,13,14). The van der Waals surface area contributed by atoms with Gasteiger partial charge in [0, 0.05) is 18.8 Å². The molecular formula is C11H17N3O2. The second kappa shape index (κ2) is 6.07. The molecule has 0 aliphatic rings. The molecule has 0 aliphatic heterocycles. The molecule has 0 bridgehead atoms. The number of hydrogen-bond acceptors (Lipinski definition) is 5. The molecular weight excluding hydrogens is 206 g/mol. The van der Waals surface area contributed by atoms with E-state index in [0.29, 0.717) is 17.9 Å². The number of pyridine rings is 1. The van der Waals surface area contributed by atoms with E-state index in [0.717, 1.165) is 6.42 Å². The number of hydrogen-bond donors (Lipinski definition) is 2. The van der Waals surface area contributed by atoms with Crippen LogP contribution in [-0.2, 0) is 4.74 Å². The molecule has 0 spiro atoms. The van der Waals surface area contributed by atoms with E-state index in [2.05, 4.69) is 15.0 Å². The number of nitrogens with two attached hydrogens (primary N) is 1. The molecule has 1 atom stereocenters. The molecule has 0 amide bonds. The van der Waals surface area contributed by atoms with Gasteiger partial charge in [-0.3, -0.25) is 0 Å². The van der Waals surface area contributed by atoms with Crippen molar-refractivity contribution in [3.63, 3.8) is 0 Å². The van der Waals surface area contributed by atoms with Crippen molar-refractivity contribution in [1.82, 2.24) is 4.98 Å². The van der Waals surface area contributed by atoms with Crippen LogP contribution in [0.4, 0.5) is 5.82 Å². The molecule has 16 heavy (non-hydrogen) atoms. The van der Waals surface area contributed by atoms with E-state index in [1.165, 1.54) is 7.11 Å². The smallest absolute Gasteiger partial charge is 0.338 e. The first-order valence-electron chi connectivity index (χ1n) is 5.22. The molecule has 0 aliphatic carbocycles. The number of nitrogens with one attached hydrogen (secondary N) is 1. The molecule has 0 saturated heterocycles. The van der Waals surface area contributed by atoms with Crippen LogP contribution in [0.1, 0.15) is 23.7 Å². The predicted octanol–water partition coefficient (Wildman–Crippen LogP) is 1.02. The Labute approximate surface area is 95.0 Å². The summed E-state index contributed by atoms with van der Waals surface area (Å²) in [5.74, 6) is 0.270. The highest BCUT2D eigenvalue weighted by Gasteiger charge is 2.08. The van der Waals surface area contributed by atoms with Crippen molar-refractivity contribution in [2.75, 3.05) is 19.0 Å². The molecule has 1 aromatic heterocycles. The van der Waals surface area contributed by atoms with Crippen LogP contribution in [0, 0.1) is 0 Å². The third-order valence-electron chi connectivity index (χ3n) is 2.31. The first-order chi connectivity index (χ1) is 7.71. The summed E-state index contributed by atoms with van der Waals surface area (Å²) in [5, 5.41) is 3.15. The van der Waals surface area contributed by atoms with Crippen LogP contribution in [0.5, 0.6) is 0 Å². The van der Waals surface area contributed by atoms with Crippen molar-refractivity contribution >= 4 is 11.8 Å². The van der Waals surface area contributed by atoms with Gasteiger partial charge in [0.25, 0.3) is 0 Å². The summed E-state index contributed by atoms with van der Waals surface area (Å²) < 4.78 is 4.63. The Bertz CT molecular complexity index is 351. The first-order valence-corrected chi connectivity index (χ1v) is 5.22. The van der Waals surface area contributed by atoms with Crippen LogP contribution in [0.15, 0.2) is 18.3 Å². The maximum Gasteiger partial charge on any atom is 0.338 e. The molecule has 5 nitrogen and oxygen atoms in total. The molecule has 1 rings (SSSR count). The van der Waals surface area contributed by atoms with Gasteiger partial charge in [0.15, 0.2) is 0 Å². The largest absolute Gasteiger partial charge is 0.465 e.